The molecule has 0 amide bonds. The van der Waals surface area contributed by atoms with Gasteiger partial charge in [0.15, 0.2) is 0 Å². The molecule has 1 N–H and O–H groups in total. The van der Waals surface area contributed by atoms with Crippen molar-refractivity contribution in [3.63, 3.8) is 0 Å². The summed E-state index contributed by atoms with van der Waals surface area (Å²) in [6.07, 6.45) is 1.94. The average Bonchev–Trinajstić information content (AvgIpc) is 3.10. The van der Waals surface area contributed by atoms with Gasteiger partial charge in [-0.15, -0.1) is 0 Å². The summed E-state index contributed by atoms with van der Waals surface area (Å²) < 4.78 is 2.21. The van der Waals surface area contributed by atoms with Crippen LogP contribution in [0.5, 0.6) is 0 Å². The average molecular weight is 350 g/mol. The topological polar surface area (TPSA) is 42.2 Å². The Hall–Kier alpha value is -2.20. The second-order valence-electron chi connectivity index (χ2n) is 6.65. The summed E-state index contributed by atoms with van der Waals surface area (Å²) in [5.74, 6) is -0.722. The molecule has 3 aromatic rings. The van der Waals surface area contributed by atoms with Crippen LogP contribution in [0.3, 0.4) is 0 Å². The van der Waals surface area contributed by atoms with Crippen LogP contribution in [0.15, 0.2) is 42.5 Å². The van der Waals surface area contributed by atoms with E-state index in [1.807, 2.05) is 36.4 Å². The first-order valence-electron chi connectivity index (χ1n) is 8.40. The number of hydrogen-bond acceptors (Lipinski definition) is 1. The summed E-state index contributed by atoms with van der Waals surface area (Å²) in [6.45, 7) is 0.660. The van der Waals surface area contributed by atoms with E-state index < -0.39 is 5.97 Å². The maximum absolute atomic E-state index is 11.3. The van der Waals surface area contributed by atoms with Crippen LogP contribution < -0.4 is 5.46 Å². The van der Waals surface area contributed by atoms with Crippen molar-refractivity contribution >= 4 is 41.8 Å². The Kier molecular flexibility index (Phi) is 4.08. The van der Waals surface area contributed by atoms with E-state index >= 15 is 0 Å². The fourth-order valence-corrected chi connectivity index (χ4v) is 4.18. The van der Waals surface area contributed by atoms with Crippen LogP contribution in [0.2, 0.25) is 5.02 Å². The van der Waals surface area contributed by atoms with Gasteiger partial charge in [0, 0.05) is 34.1 Å². The number of para-hydroxylation sites is 1. The molecule has 1 heterocycles. The molecule has 0 saturated heterocycles. The first kappa shape index (κ1) is 16.3. The molecule has 0 bridgehead atoms. The molecule has 1 atom stereocenters. The Balaban J connectivity index is 1.89. The van der Waals surface area contributed by atoms with E-state index in [9.17, 15) is 9.90 Å². The number of rotatable bonds is 4. The van der Waals surface area contributed by atoms with Gasteiger partial charge >= 0.3 is 5.97 Å². The highest BCUT2D eigenvalue weighted by molar-refractivity contribution is 6.38. The number of aromatic nitrogens is 1. The second-order valence-corrected chi connectivity index (χ2v) is 7.09. The lowest BCUT2D eigenvalue weighted by Gasteiger charge is -2.16. The molecule has 1 aliphatic carbocycles. The number of hydrogen-bond donors (Lipinski definition) is 1. The lowest BCUT2D eigenvalue weighted by molar-refractivity contribution is -0.137. The maximum Gasteiger partial charge on any atom is 0.304 e. The van der Waals surface area contributed by atoms with E-state index in [4.69, 9.17) is 19.4 Å². The molecular weight excluding hydrogens is 332 g/mol. The van der Waals surface area contributed by atoms with Crippen LogP contribution in [-0.4, -0.2) is 23.5 Å². The van der Waals surface area contributed by atoms with Crippen LogP contribution in [0.25, 0.3) is 10.9 Å². The van der Waals surface area contributed by atoms with E-state index in [0.717, 1.165) is 40.5 Å². The van der Waals surface area contributed by atoms with Crippen LogP contribution in [0.4, 0.5) is 0 Å². The molecule has 0 unspecified atom stereocenters. The van der Waals surface area contributed by atoms with Crippen molar-refractivity contribution < 1.29 is 9.90 Å². The number of benzene rings is 2. The van der Waals surface area contributed by atoms with Gasteiger partial charge in [-0.05, 0) is 36.1 Å². The van der Waals surface area contributed by atoms with Gasteiger partial charge in [-0.25, -0.2) is 0 Å². The van der Waals surface area contributed by atoms with Crippen LogP contribution in [-0.2, 0) is 17.8 Å². The van der Waals surface area contributed by atoms with Gasteiger partial charge in [0.25, 0.3) is 0 Å². The lowest BCUT2D eigenvalue weighted by Crippen LogP contribution is -2.14. The summed E-state index contributed by atoms with van der Waals surface area (Å²) in [5.41, 5.74) is 5.24. The summed E-state index contributed by atoms with van der Waals surface area (Å²) in [7, 11) is 6.28. The minimum absolute atomic E-state index is 0.0339. The predicted molar refractivity (Wildman–Crippen MR) is 101 cm³/mol. The fraction of sp³-hybridized carbons (Fsp3) is 0.250. The Morgan fingerprint density at radius 1 is 1.24 bits per heavy atom. The molecule has 25 heavy (non-hydrogen) atoms. The van der Waals surface area contributed by atoms with Crippen molar-refractivity contribution in [3.05, 3.63) is 64.3 Å². The summed E-state index contributed by atoms with van der Waals surface area (Å²) in [6, 6.07) is 13.7. The minimum Gasteiger partial charge on any atom is -0.481 e. The van der Waals surface area contributed by atoms with Crippen molar-refractivity contribution in [3.8, 4) is 0 Å². The number of carbonyl (C=O) groups is 1. The number of carboxylic acids is 1. The zero-order valence-corrected chi connectivity index (χ0v) is 14.5. The third-order valence-electron chi connectivity index (χ3n) is 5.07. The third-order valence-corrected chi connectivity index (χ3v) is 5.32. The van der Waals surface area contributed by atoms with E-state index in [2.05, 4.69) is 10.6 Å². The molecule has 1 aromatic heterocycles. The molecule has 4 rings (SSSR count). The summed E-state index contributed by atoms with van der Waals surface area (Å²) >= 11 is 6.00. The van der Waals surface area contributed by atoms with E-state index in [-0.39, 0.29) is 12.3 Å². The maximum atomic E-state index is 11.3. The van der Waals surface area contributed by atoms with Crippen LogP contribution >= 0.6 is 11.6 Å². The zero-order valence-electron chi connectivity index (χ0n) is 13.7. The van der Waals surface area contributed by atoms with Crippen molar-refractivity contribution in [2.75, 3.05) is 0 Å². The molecule has 0 spiro atoms. The number of halogens is 1. The van der Waals surface area contributed by atoms with E-state index in [1.165, 1.54) is 5.56 Å². The smallest absolute Gasteiger partial charge is 0.304 e. The van der Waals surface area contributed by atoms with Crippen molar-refractivity contribution in [1.82, 2.24) is 4.57 Å². The summed E-state index contributed by atoms with van der Waals surface area (Å²) in [4.78, 5) is 11.3. The lowest BCUT2D eigenvalue weighted by atomic mass is 9.93. The molecule has 1 aliphatic rings. The van der Waals surface area contributed by atoms with Gasteiger partial charge in [-0.1, -0.05) is 47.4 Å². The first-order valence-corrected chi connectivity index (χ1v) is 8.78. The monoisotopic (exact) mass is 349 g/mol. The number of nitrogens with zero attached hydrogens (tertiary/aromatic N) is 1. The molecule has 5 heteroatoms. The van der Waals surface area contributed by atoms with Crippen molar-refractivity contribution in [2.45, 2.75) is 31.7 Å². The molecule has 2 aromatic carbocycles. The molecule has 3 nitrogen and oxygen atoms in total. The molecule has 0 aliphatic heterocycles. The van der Waals surface area contributed by atoms with E-state index in [1.54, 1.807) is 0 Å². The van der Waals surface area contributed by atoms with Gasteiger partial charge in [0.1, 0.15) is 7.85 Å². The largest absolute Gasteiger partial charge is 0.481 e. The number of aliphatic carboxylic acids is 1. The van der Waals surface area contributed by atoms with Gasteiger partial charge in [-0.2, -0.15) is 0 Å². The number of carboxylic acid groups (broad SMARTS) is 1. The highest BCUT2D eigenvalue weighted by Crippen LogP contribution is 2.41. The standard InChI is InChI=1S/C20H17BClNO2/c21-17-3-1-2-15-16-9-6-13(10-18(24)25)19(16)23(20(15)17)11-12-4-7-14(22)8-5-12/h1-5,7-8,13H,6,9-11H2,(H,24,25)/t13-/m1/s1. The van der Waals surface area contributed by atoms with Gasteiger partial charge in [-0.3, -0.25) is 4.79 Å². The van der Waals surface area contributed by atoms with Gasteiger partial charge in [0.05, 0.1) is 6.42 Å². The molecule has 0 saturated carbocycles. The number of aryl methyl sites for hydroxylation is 1. The predicted octanol–water partition coefficient (Wildman–Crippen LogP) is 3.64. The summed E-state index contributed by atoms with van der Waals surface area (Å²) in [5, 5.41) is 11.1. The Morgan fingerprint density at radius 2 is 2.00 bits per heavy atom. The van der Waals surface area contributed by atoms with Crippen LogP contribution in [0, 0.1) is 0 Å². The van der Waals surface area contributed by atoms with Gasteiger partial charge < -0.3 is 9.67 Å². The molecule has 0 fully saturated rings. The SMILES string of the molecule is [B]c1cccc2c3c(n(Cc4ccc(Cl)cc4)c12)[C@@H](CC(=O)O)CC3. The zero-order chi connectivity index (χ0) is 17.6. The fourth-order valence-electron chi connectivity index (χ4n) is 4.06. The minimum atomic E-state index is -0.755. The van der Waals surface area contributed by atoms with E-state index in [0.29, 0.717) is 11.6 Å². The second kappa shape index (κ2) is 6.27. The molecule has 124 valence electrons. The highest BCUT2D eigenvalue weighted by Gasteiger charge is 2.31. The Bertz CT molecular complexity index is 962. The normalized spacial score (nSPS) is 16.3. The van der Waals surface area contributed by atoms with Crippen molar-refractivity contribution in [1.29, 1.82) is 0 Å². The Labute approximate surface area is 152 Å². The van der Waals surface area contributed by atoms with Crippen molar-refractivity contribution in [2.24, 2.45) is 0 Å². The first-order chi connectivity index (χ1) is 12.0. The van der Waals surface area contributed by atoms with Crippen LogP contribution in [0.1, 0.15) is 35.6 Å². The Morgan fingerprint density at radius 3 is 2.72 bits per heavy atom. The molecule has 2 radical (unpaired) electrons. The quantitative estimate of drug-likeness (QED) is 0.731. The highest BCUT2D eigenvalue weighted by atomic mass is 35.5. The molecular formula is C20H17BClNO2. The van der Waals surface area contributed by atoms with Gasteiger partial charge in [0.2, 0.25) is 0 Å². The number of fused-ring (bicyclic) bond motifs is 3. The third kappa shape index (κ3) is 2.85.